The zero-order chi connectivity index (χ0) is 15.4. The zero-order valence-corrected chi connectivity index (χ0v) is 12.4. The smallest absolute Gasteiger partial charge is 0.395 e. The third kappa shape index (κ3) is 3.81. The van der Waals surface area contributed by atoms with Gasteiger partial charge in [0.25, 0.3) is 5.91 Å². The fourth-order valence-electron chi connectivity index (χ4n) is 2.77. The van der Waals surface area contributed by atoms with Gasteiger partial charge >= 0.3 is 5.88 Å². The minimum atomic E-state index is -0.658. The molecule has 0 radical (unpaired) electrons. The maximum atomic E-state index is 11.9. The largest absolute Gasteiger partial charge is 0.433 e. The summed E-state index contributed by atoms with van der Waals surface area (Å²) in [5, 5.41) is 13.3. The third-order valence-corrected chi connectivity index (χ3v) is 3.97. The molecule has 1 aromatic rings. The van der Waals surface area contributed by atoms with Crippen molar-refractivity contribution in [1.82, 2.24) is 10.2 Å². The number of nitro groups is 1. The number of piperidine rings is 1. The molecule has 7 nitrogen and oxygen atoms in total. The number of hydrogen-bond acceptors (Lipinski definition) is 5. The van der Waals surface area contributed by atoms with Gasteiger partial charge in [0, 0.05) is 18.6 Å². The molecule has 21 heavy (non-hydrogen) atoms. The zero-order valence-electron chi connectivity index (χ0n) is 12.4. The van der Waals surface area contributed by atoms with Crippen molar-refractivity contribution >= 4 is 11.8 Å². The van der Waals surface area contributed by atoms with Crippen molar-refractivity contribution in [3.8, 4) is 0 Å². The number of nitrogens with one attached hydrogen (secondary N) is 1. The second-order valence-corrected chi connectivity index (χ2v) is 5.54. The topological polar surface area (TPSA) is 88.6 Å². The summed E-state index contributed by atoms with van der Waals surface area (Å²) in [5.74, 6) is -0.863. The number of furan rings is 1. The molecule has 1 fully saturated rings. The molecule has 1 N–H and O–H groups in total. The third-order valence-electron chi connectivity index (χ3n) is 3.97. The van der Waals surface area contributed by atoms with Gasteiger partial charge in [-0.1, -0.05) is 6.42 Å². The number of amides is 1. The van der Waals surface area contributed by atoms with E-state index in [2.05, 4.69) is 24.1 Å². The van der Waals surface area contributed by atoms with E-state index in [1.54, 1.807) is 0 Å². The molecule has 2 atom stereocenters. The first kappa shape index (κ1) is 15.5. The van der Waals surface area contributed by atoms with E-state index in [9.17, 15) is 14.9 Å². The van der Waals surface area contributed by atoms with Crippen LogP contribution in [0, 0.1) is 10.1 Å². The van der Waals surface area contributed by atoms with E-state index in [0.29, 0.717) is 12.6 Å². The average molecular weight is 295 g/mol. The highest BCUT2D eigenvalue weighted by Crippen LogP contribution is 2.19. The van der Waals surface area contributed by atoms with Gasteiger partial charge in [0.05, 0.1) is 6.07 Å². The Hall–Kier alpha value is -1.89. The Morgan fingerprint density at radius 3 is 2.95 bits per heavy atom. The van der Waals surface area contributed by atoms with E-state index in [-0.39, 0.29) is 11.8 Å². The van der Waals surface area contributed by atoms with E-state index in [0.717, 1.165) is 6.54 Å². The predicted molar refractivity (Wildman–Crippen MR) is 77.2 cm³/mol. The quantitative estimate of drug-likeness (QED) is 0.664. The van der Waals surface area contributed by atoms with Crippen LogP contribution in [0.3, 0.4) is 0 Å². The molecule has 1 aromatic heterocycles. The van der Waals surface area contributed by atoms with Gasteiger partial charge in [-0.3, -0.25) is 19.8 Å². The summed E-state index contributed by atoms with van der Waals surface area (Å²) in [6, 6.07) is 3.26. The Morgan fingerprint density at radius 2 is 2.33 bits per heavy atom. The molecule has 116 valence electrons. The second kappa shape index (κ2) is 6.71. The van der Waals surface area contributed by atoms with E-state index in [1.807, 2.05) is 0 Å². The molecule has 2 unspecified atom stereocenters. The van der Waals surface area contributed by atoms with Crippen LogP contribution in [-0.4, -0.2) is 40.9 Å². The van der Waals surface area contributed by atoms with Crippen molar-refractivity contribution < 1.29 is 14.1 Å². The SMILES string of the molecule is CC1CCCCN1C(C)CNC(=O)c1ccc([N+](=O)[O-])o1. The lowest BCUT2D eigenvalue weighted by molar-refractivity contribution is -0.402. The van der Waals surface area contributed by atoms with Crippen molar-refractivity contribution in [2.75, 3.05) is 13.1 Å². The van der Waals surface area contributed by atoms with E-state index < -0.39 is 16.7 Å². The van der Waals surface area contributed by atoms with Gasteiger partial charge in [0.2, 0.25) is 0 Å². The minimum absolute atomic E-state index is 0.0272. The summed E-state index contributed by atoms with van der Waals surface area (Å²) in [6.45, 7) is 5.82. The fraction of sp³-hybridized carbons (Fsp3) is 0.643. The lowest BCUT2D eigenvalue weighted by Crippen LogP contribution is -2.48. The van der Waals surface area contributed by atoms with Crippen LogP contribution in [-0.2, 0) is 0 Å². The van der Waals surface area contributed by atoms with Crippen LogP contribution in [0.4, 0.5) is 5.88 Å². The molecule has 1 amide bonds. The normalized spacial score (nSPS) is 21.0. The van der Waals surface area contributed by atoms with Crippen molar-refractivity contribution in [1.29, 1.82) is 0 Å². The van der Waals surface area contributed by atoms with E-state index in [1.165, 1.54) is 31.4 Å². The van der Waals surface area contributed by atoms with E-state index >= 15 is 0 Å². The lowest BCUT2D eigenvalue weighted by atomic mass is 10.0. The van der Waals surface area contributed by atoms with Crippen molar-refractivity contribution in [3.63, 3.8) is 0 Å². The standard InChI is InChI=1S/C14H21N3O4/c1-10-5-3-4-8-16(10)11(2)9-15-14(18)12-6-7-13(21-12)17(19)20/h6-7,10-11H,3-5,8-9H2,1-2H3,(H,15,18). The molecule has 0 bridgehead atoms. The Bertz CT molecular complexity index is 514. The number of rotatable bonds is 5. The van der Waals surface area contributed by atoms with E-state index in [4.69, 9.17) is 4.42 Å². The summed E-state index contributed by atoms with van der Waals surface area (Å²) in [4.78, 5) is 24.1. The molecule has 1 aliphatic rings. The lowest BCUT2D eigenvalue weighted by Gasteiger charge is -2.38. The first-order valence-corrected chi connectivity index (χ1v) is 7.27. The molecule has 0 saturated carbocycles. The maximum absolute atomic E-state index is 11.9. The molecule has 0 aliphatic carbocycles. The van der Waals surface area contributed by atoms with Gasteiger partial charge in [-0.05, 0) is 39.3 Å². The molecular weight excluding hydrogens is 274 g/mol. The highest BCUT2D eigenvalue weighted by atomic mass is 16.6. The monoisotopic (exact) mass is 295 g/mol. The molecular formula is C14H21N3O4. The number of likely N-dealkylation sites (tertiary alicyclic amines) is 1. The van der Waals surface area contributed by atoms with Crippen molar-refractivity contribution in [2.45, 2.75) is 45.2 Å². The maximum Gasteiger partial charge on any atom is 0.433 e. The molecule has 2 heterocycles. The Kier molecular flexibility index (Phi) is 4.95. The summed E-state index contributed by atoms with van der Waals surface area (Å²) in [7, 11) is 0. The number of carbonyl (C=O) groups excluding carboxylic acids is 1. The first-order chi connectivity index (χ1) is 9.99. The number of carbonyl (C=O) groups is 1. The number of hydrogen-bond donors (Lipinski definition) is 1. The van der Waals surface area contributed by atoms with Crippen LogP contribution in [0.1, 0.15) is 43.7 Å². The van der Waals surface area contributed by atoms with Crippen LogP contribution in [0.5, 0.6) is 0 Å². The highest BCUT2D eigenvalue weighted by Gasteiger charge is 2.24. The summed E-state index contributed by atoms with van der Waals surface area (Å²) < 4.78 is 4.88. The molecule has 0 spiro atoms. The van der Waals surface area contributed by atoms with Crippen LogP contribution >= 0.6 is 0 Å². The minimum Gasteiger partial charge on any atom is -0.395 e. The Morgan fingerprint density at radius 1 is 1.57 bits per heavy atom. The predicted octanol–water partition coefficient (Wildman–Crippen LogP) is 2.18. The molecule has 1 saturated heterocycles. The van der Waals surface area contributed by atoms with Crippen molar-refractivity contribution in [3.05, 3.63) is 28.0 Å². The van der Waals surface area contributed by atoms with Gasteiger partial charge < -0.3 is 9.73 Å². The van der Waals surface area contributed by atoms with Gasteiger partial charge in [-0.25, -0.2) is 0 Å². The molecule has 0 aromatic carbocycles. The van der Waals surface area contributed by atoms with Crippen LogP contribution < -0.4 is 5.32 Å². The summed E-state index contributed by atoms with van der Waals surface area (Å²) in [5.41, 5.74) is 0. The summed E-state index contributed by atoms with van der Waals surface area (Å²) in [6.07, 6.45) is 3.63. The van der Waals surface area contributed by atoms with Gasteiger partial charge in [0.15, 0.2) is 5.76 Å². The van der Waals surface area contributed by atoms with Gasteiger partial charge in [-0.2, -0.15) is 0 Å². The van der Waals surface area contributed by atoms with Gasteiger partial charge in [-0.15, -0.1) is 0 Å². The van der Waals surface area contributed by atoms with Crippen LogP contribution in [0.25, 0.3) is 0 Å². The highest BCUT2D eigenvalue weighted by molar-refractivity contribution is 5.91. The van der Waals surface area contributed by atoms with Crippen molar-refractivity contribution in [2.24, 2.45) is 0 Å². The molecule has 2 rings (SSSR count). The fourth-order valence-corrected chi connectivity index (χ4v) is 2.77. The first-order valence-electron chi connectivity index (χ1n) is 7.27. The van der Waals surface area contributed by atoms with Crippen LogP contribution in [0.15, 0.2) is 16.5 Å². The van der Waals surface area contributed by atoms with Crippen LogP contribution in [0.2, 0.25) is 0 Å². The Labute approximate surface area is 123 Å². The van der Waals surface area contributed by atoms with Gasteiger partial charge in [0.1, 0.15) is 4.92 Å². The average Bonchev–Trinajstić information content (AvgIpc) is 2.95. The second-order valence-electron chi connectivity index (χ2n) is 5.54. The summed E-state index contributed by atoms with van der Waals surface area (Å²) >= 11 is 0. The molecule has 1 aliphatic heterocycles. The number of nitrogens with zero attached hydrogens (tertiary/aromatic N) is 2. The Balaban J connectivity index is 1.86. The molecule has 7 heteroatoms.